The molecule has 5 nitrogen and oxygen atoms in total. The number of aromatic hydroxyl groups is 1. The topological polar surface area (TPSA) is 85.2 Å². The van der Waals surface area contributed by atoms with Gasteiger partial charge in [0.05, 0.1) is 11.6 Å². The van der Waals surface area contributed by atoms with E-state index >= 15 is 0 Å². The molecule has 5 heteroatoms. The van der Waals surface area contributed by atoms with Crippen LogP contribution in [0.15, 0.2) is 36.4 Å². The molecule has 0 aliphatic rings. The molecular formula is C16H15N3O2. The van der Waals surface area contributed by atoms with Crippen LogP contribution in [0.2, 0.25) is 0 Å². The van der Waals surface area contributed by atoms with Crippen molar-refractivity contribution in [3.05, 3.63) is 53.1 Å². The Morgan fingerprint density at radius 2 is 1.76 bits per heavy atom. The van der Waals surface area contributed by atoms with Crippen molar-refractivity contribution in [3.8, 4) is 11.8 Å². The van der Waals surface area contributed by atoms with E-state index in [0.717, 1.165) is 5.56 Å². The number of carbonyl (C=O) groups excluding carboxylic acids is 1. The van der Waals surface area contributed by atoms with E-state index in [9.17, 15) is 9.90 Å². The average Bonchev–Trinajstić information content (AvgIpc) is 2.45. The number of anilines is 2. The summed E-state index contributed by atoms with van der Waals surface area (Å²) in [5, 5.41) is 23.7. The van der Waals surface area contributed by atoms with Crippen molar-refractivity contribution in [2.75, 3.05) is 10.6 Å². The van der Waals surface area contributed by atoms with E-state index in [2.05, 4.69) is 10.6 Å². The highest BCUT2D eigenvalue weighted by molar-refractivity contribution is 6.00. The predicted molar refractivity (Wildman–Crippen MR) is 81.4 cm³/mol. The smallest absolute Gasteiger partial charge is 0.323 e. The van der Waals surface area contributed by atoms with E-state index in [1.54, 1.807) is 50.2 Å². The molecular weight excluding hydrogens is 266 g/mol. The van der Waals surface area contributed by atoms with Gasteiger partial charge < -0.3 is 15.7 Å². The molecule has 0 spiro atoms. The zero-order valence-electron chi connectivity index (χ0n) is 11.8. The fourth-order valence-corrected chi connectivity index (χ4v) is 1.85. The number of nitrogens with zero attached hydrogens (tertiary/aromatic N) is 1. The molecule has 106 valence electrons. The number of hydrogen-bond acceptors (Lipinski definition) is 3. The van der Waals surface area contributed by atoms with E-state index in [-0.39, 0.29) is 11.8 Å². The second-order valence-corrected chi connectivity index (χ2v) is 4.72. The molecule has 0 bridgehead atoms. The van der Waals surface area contributed by atoms with Crippen molar-refractivity contribution in [1.29, 1.82) is 5.26 Å². The zero-order valence-corrected chi connectivity index (χ0v) is 11.8. The van der Waals surface area contributed by atoms with E-state index in [0.29, 0.717) is 22.5 Å². The molecule has 0 aromatic heterocycles. The standard InChI is InChI=1S/C16H15N3O2/c1-10-8-15(20)11(2)7-14(10)19-16(21)18-13-5-3-12(9-17)4-6-13/h3-8,20H,1-2H3,(H2,18,19,21). The summed E-state index contributed by atoms with van der Waals surface area (Å²) >= 11 is 0. The first kappa shape index (κ1) is 14.4. The maximum absolute atomic E-state index is 11.9. The lowest BCUT2D eigenvalue weighted by molar-refractivity contribution is 0.262. The van der Waals surface area contributed by atoms with Gasteiger partial charge in [0.2, 0.25) is 0 Å². The minimum absolute atomic E-state index is 0.200. The van der Waals surface area contributed by atoms with Gasteiger partial charge in [-0.05, 0) is 61.4 Å². The SMILES string of the molecule is Cc1cc(NC(=O)Nc2ccc(C#N)cc2)c(C)cc1O. The second-order valence-electron chi connectivity index (χ2n) is 4.72. The van der Waals surface area contributed by atoms with Gasteiger partial charge in [-0.15, -0.1) is 0 Å². The van der Waals surface area contributed by atoms with Crippen molar-refractivity contribution in [2.24, 2.45) is 0 Å². The van der Waals surface area contributed by atoms with Gasteiger partial charge in [0.25, 0.3) is 0 Å². The molecule has 0 saturated carbocycles. The number of carbonyl (C=O) groups is 1. The second kappa shape index (κ2) is 5.97. The number of nitrogens with one attached hydrogen (secondary N) is 2. The molecule has 0 aliphatic carbocycles. The Bertz CT molecular complexity index is 716. The van der Waals surface area contributed by atoms with Crippen molar-refractivity contribution in [3.63, 3.8) is 0 Å². The molecule has 0 fully saturated rings. The predicted octanol–water partition coefficient (Wildman–Crippen LogP) is 3.52. The number of phenols is 1. The molecule has 2 aromatic carbocycles. The number of urea groups is 1. The number of amides is 2. The van der Waals surface area contributed by atoms with Crippen LogP contribution in [0.4, 0.5) is 16.2 Å². The monoisotopic (exact) mass is 281 g/mol. The van der Waals surface area contributed by atoms with Crippen LogP contribution >= 0.6 is 0 Å². The first-order valence-electron chi connectivity index (χ1n) is 6.38. The maximum atomic E-state index is 11.9. The molecule has 2 amide bonds. The Kier molecular flexibility index (Phi) is 4.10. The van der Waals surface area contributed by atoms with Gasteiger partial charge in [-0.1, -0.05) is 0 Å². The summed E-state index contributed by atoms with van der Waals surface area (Å²) < 4.78 is 0. The van der Waals surface area contributed by atoms with Crippen LogP contribution in [0.3, 0.4) is 0 Å². The Morgan fingerprint density at radius 3 is 2.38 bits per heavy atom. The van der Waals surface area contributed by atoms with Gasteiger partial charge in [0.15, 0.2) is 0 Å². The highest BCUT2D eigenvalue weighted by Gasteiger charge is 2.07. The molecule has 0 heterocycles. The Labute approximate surface area is 122 Å². The van der Waals surface area contributed by atoms with Crippen molar-refractivity contribution >= 4 is 17.4 Å². The third-order valence-electron chi connectivity index (χ3n) is 3.06. The van der Waals surface area contributed by atoms with Crippen LogP contribution in [0.25, 0.3) is 0 Å². The summed E-state index contributed by atoms with van der Waals surface area (Å²) in [6, 6.07) is 11.5. The molecule has 0 atom stereocenters. The van der Waals surface area contributed by atoms with E-state index in [1.165, 1.54) is 0 Å². The summed E-state index contributed by atoms with van der Waals surface area (Å²) in [4.78, 5) is 11.9. The van der Waals surface area contributed by atoms with Crippen LogP contribution in [0.1, 0.15) is 16.7 Å². The molecule has 3 N–H and O–H groups in total. The van der Waals surface area contributed by atoms with E-state index in [4.69, 9.17) is 5.26 Å². The Hall–Kier alpha value is -3.00. The third kappa shape index (κ3) is 3.51. The lowest BCUT2D eigenvalue weighted by Gasteiger charge is -2.11. The Morgan fingerprint density at radius 1 is 1.10 bits per heavy atom. The van der Waals surface area contributed by atoms with Crippen molar-refractivity contribution < 1.29 is 9.90 Å². The van der Waals surface area contributed by atoms with Crippen molar-refractivity contribution in [1.82, 2.24) is 0 Å². The quantitative estimate of drug-likeness (QED) is 0.736. The summed E-state index contributed by atoms with van der Waals surface area (Å²) in [7, 11) is 0. The van der Waals surface area contributed by atoms with Gasteiger partial charge in [-0.25, -0.2) is 4.79 Å². The normalized spacial score (nSPS) is 9.76. The first-order valence-corrected chi connectivity index (χ1v) is 6.38. The number of hydrogen-bond donors (Lipinski definition) is 3. The summed E-state index contributed by atoms with van der Waals surface area (Å²) in [6.45, 7) is 3.56. The fraction of sp³-hybridized carbons (Fsp3) is 0.125. The van der Waals surface area contributed by atoms with Gasteiger partial charge in [0.1, 0.15) is 5.75 Å². The highest BCUT2D eigenvalue weighted by atomic mass is 16.3. The number of benzene rings is 2. The summed E-state index contributed by atoms with van der Waals surface area (Å²) in [5.74, 6) is 0.200. The third-order valence-corrected chi connectivity index (χ3v) is 3.06. The van der Waals surface area contributed by atoms with Crippen LogP contribution < -0.4 is 10.6 Å². The molecule has 0 unspecified atom stereocenters. The lowest BCUT2D eigenvalue weighted by Crippen LogP contribution is -2.20. The number of rotatable bonds is 2. The van der Waals surface area contributed by atoms with E-state index < -0.39 is 0 Å². The van der Waals surface area contributed by atoms with Gasteiger partial charge in [-0.2, -0.15) is 5.26 Å². The molecule has 2 aromatic rings. The van der Waals surface area contributed by atoms with Crippen molar-refractivity contribution in [2.45, 2.75) is 13.8 Å². The fourth-order valence-electron chi connectivity index (χ4n) is 1.85. The number of nitriles is 1. The van der Waals surface area contributed by atoms with Gasteiger partial charge >= 0.3 is 6.03 Å². The van der Waals surface area contributed by atoms with Crippen LogP contribution in [0.5, 0.6) is 5.75 Å². The molecule has 0 aliphatic heterocycles. The Balaban J connectivity index is 2.08. The molecule has 0 radical (unpaired) electrons. The molecule has 2 rings (SSSR count). The maximum Gasteiger partial charge on any atom is 0.323 e. The minimum Gasteiger partial charge on any atom is -0.508 e. The van der Waals surface area contributed by atoms with E-state index in [1.807, 2.05) is 6.07 Å². The largest absolute Gasteiger partial charge is 0.508 e. The zero-order chi connectivity index (χ0) is 15.4. The molecule has 21 heavy (non-hydrogen) atoms. The van der Waals surface area contributed by atoms with Crippen LogP contribution in [-0.4, -0.2) is 11.1 Å². The summed E-state index contributed by atoms with van der Waals surface area (Å²) in [5.41, 5.74) is 3.23. The van der Waals surface area contributed by atoms with Gasteiger partial charge in [-0.3, -0.25) is 0 Å². The highest BCUT2D eigenvalue weighted by Crippen LogP contribution is 2.25. The van der Waals surface area contributed by atoms with Gasteiger partial charge in [0, 0.05) is 11.4 Å². The number of aryl methyl sites for hydroxylation is 2. The lowest BCUT2D eigenvalue weighted by atomic mass is 10.1. The van der Waals surface area contributed by atoms with Crippen LogP contribution in [0, 0.1) is 25.2 Å². The number of phenolic OH excluding ortho intramolecular Hbond substituents is 1. The average molecular weight is 281 g/mol. The van der Waals surface area contributed by atoms with Crippen LogP contribution in [-0.2, 0) is 0 Å². The first-order chi connectivity index (χ1) is 9.99. The minimum atomic E-state index is -0.382. The molecule has 0 saturated heterocycles. The summed E-state index contributed by atoms with van der Waals surface area (Å²) in [6.07, 6.45) is 0.